The minimum absolute atomic E-state index is 0.157. The second-order valence-electron chi connectivity index (χ2n) is 4.92. The maximum absolute atomic E-state index is 9.52. The van der Waals surface area contributed by atoms with Crippen LogP contribution < -0.4 is 5.32 Å². The van der Waals surface area contributed by atoms with Crippen molar-refractivity contribution in [3.63, 3.8) is 0 Å². The summed E-state index contributed by atoms with van der Waals surface area (Å²) in [6.07, 6.45) is 2.06. The molecule has 0 radical (unpaired) electrons. The third-order valence-electron chi connectivity index (χ3n) is 3.40. The van der Waals surface area contributed by atoms with Crippen molar-refractivity contribution in [2.45, 2.75) is 38.3 Å². The minimum Gasteiger partial charge on any atom is -0.394 e. The van der Waals surface area contributed by atoms with E-state index in [2.05, 4.69) is 36.5 Å². The Balaban J connectivity index is 1.95. The molecule has 2 N–H and O–H groups in total. The third kappa shape index (κ3) is 2.79. The highest BCUT2D eigenvalue weighted by Gasteiger charge is 2.44. The second-order valence-corrected chi connectivity index (χ2v) is 4.92. The number of aliphatic hydroxyl groups excluding tert-OH is 1. The number of aryl methyl sites for hydroxylation is 1. The van der Waals surface area contributed by atoms with E-state index in [0.717, 1.165) is 25.1 Å². The van der Waals surface area contributed by atoms with Crippen LogP contribution in [0.4, 0.5) is 5.69 Å². The summed E-state index contributed by atoms with van der Waals surface area (Å²) in [5, 5.41) is 12.9. The summed E-state index contributed by atoms with van der Waals surface area (Å²) < 4.78 is 5.54. The van der Waals surface area contributed by atoms with E-state index >= 15 is 0 Å². The van der Waals surface area contributed by atoms with Crippen molar-refractivity contribution in [2.24, 2.45) is 0 Å². The third-order valence-corrected chi connectivity index (χ3v) is 3.40. The minimum atomic E-state index is -0.185. The van der Waals surface area contributed by atoms with Crippen LogP contribution in [-0.2, 0) is 4.74 Å². The van der Waals surface area contributed by atoms with E-state index in [-0.39, 0.29) is 12.1 Å². The van der Waals surface area contributed by atoms with E-state index in [1.165, 1.54) is 5.56 Å². The molecular formula is C14H21NO2. The molecule has 0 aromatic heterocycles. The fourth-order valence-corrected chi connectivity index (χ4v) is 2.38. The van der Waals surface area contributed by atoms with Gasteiger partial charge in [-0.3, -0.25) is 0 Å². The molecule has 1 aromatic carbocycles. The Morgan fingerprint density at radius 1 is 1.35 bits per heavy atom. The maximum Gasteiger partial charge on any atom is 0.0663 e. The monoisotopic (exact) mass is 235 g/mol. The van der Waals surface area contributed by atoms with Crippen molar-refractivity contribution in [1.29, 1.82) is 0 Å². The molecule has 0 bridgehead atoms. The van der Waals surface area contributed by atoms with Gasteiger partial charge in [-0.1, -0.05) is 17.7 Å². The van der Waals surface area contributed by atoms with Crippen molar-refractivity contribution in [2.75, 3.05) is 18.5 Å². The normalized spacial score (nSPS) is 27.6. The maximum atomic E-state index is 9.52. The summed E-state index contributed by atoms with van der Waals surface area (Å²) in [5.74, 6) is 0. The number of ether oxygens (including phenoxy) is 1. The van der Waals surface area contributed by atoms with Gasteiger partial charge in [0.05, 0.1) is 18.2 Å². The number of aliphatic hydroxyl groups is 1. The Kier molecular flexibility index (Phi) is 3.69. The zero-order chi connectivity index (χ0) is 12.3. The smallest absolute Gasteiger partial charge is 0.0663 e. The lowest BCUT2D eigenvalue weighted by atomic mass is 9.74. The summed E-state index contributed by atoms with van der Waals surface area (Å²) in [4.78, 5) is 0. The number of nitrogens with one attached hydrogen (secondary N) is 1. The standard InChI is InChI=1S/C14H21NO2/c1-3-17-13-8-14(9-13,10-16)15-12-6-4-11(2)5-7-12/h4-7,13,15-16H,3,8-10H2,1-2H3. The number of rotatable bonds is 5. The lowest BCUT2D eigenvalue weighted by Crippen LogP contribution is -2.56. The molecule has 0 spiro atoms. The van der Waals surface area contributed by atoms with Gasteiger partial charge in [0.25, 0.3) is 0 Å². The molecule has 0 atom stereocenters. The molecule has 0 saturated heterocycles. The van der Waals surface area contributed by atoms with Crippen LogP contribution in [0.3, 0.4) is 0 Å². The molecular weight excluding hydrogens is 214 g/mol. The summed E-state index contributed by atoms with van der Waals surface area (Å²) in [7, 11) is 0. The Morgan fingerprint density at radius 2 is 2.00 bits per heavy atom. The van der Waals surface area contributed by atoms with Crippen molar-refractivity contribution < 1.29 is 9.84 Å². The van der Waals surface area contributed by atoms with E-state index in [1.807, 2.05) is 6.92 Å². The van der Waals surface area contributed by atoms with Gasteiger partial charge in [0.1, 0.15) is 0 Å². The van der Waals surface area contributed by atoms with Crippen LogP contribution in [0.15, 0.2) is 24.3 Å². The van der Waals surface area contributed by atoms with E-state index < -0.39 is 0 Å². The largest absolute Gasteiger partial charge is 0.394 e. The van der Waals surface area contributed by atoms with Gasteiger partial charge >= 0.3 is 0 Å². The van der Waals surface area contributed by atoms with Crippen LogP contribution in [0.1, 0.15) is 25.3 Å². The number of anilines is 1. The molecule has 0 aliphatic heterocycles. The van der Waals surface area contributed by atoms with E-state index in [0.29, 0.717) is 6.10 Å². The second kappa shape index (κ2) is 5.07. The molecule has 17 heavy (non-hydrogen) atoms. The van der Waals surface area contributed by atoms with Gasteiger partial charge in [-0.2, -0.15) is 0 Å². The predicted octanol–water partition coefficient (Wildman–Crippen LogP) is 2.34. The first-order valence-corrected chi connectivity index (χ1v) is 6.25. The average molecular weight is 235 g/mol. The highest BCUT2D eigenvalue weighted by atomic mass is 16.5. The summed E-state index contributed by atoms with van der Waals surface area (Å²) in [6, 6.07) is 8.26. The summed E-state index contributed by atoms with van der Waals surface area (Å²) in [5.41, 5.74) is 2.13. The summed E-state index contributed by atoms with van der Waals surface area (Å²) in [6.45, 7) is 4.98. The highest BCUT2D eigenvalue weighted by Crippen LogP contribution is 2.37. The Labute approximate surface area is 103 Å². The van der Waals surface area contributed by atoms with Crippen molar-refractivity contribution in [1.82, 2.24) is 0 Å². The quantitative estimate of drug-likeness (QED) is 0.823. The number of hydrogen-bond donors (Lipinski definition) is 2. The predicted molar refractivity (Wildman–Crippen MR) is 69.3 cm³/mol. The lowest BCUT2D eigenvalue weighted by Gasteiger charge is -2.47. The SMILES string of the molecule is CCOC1CC(CO)(Nc2ccc(C)cc2)C1. The fourth-order valence-electron chi connectivity index (χ4n) is 2.38. The first-order valence-electron chi connectivity index (χ1n) is 6.25. The molecule has 3 nitrogen and oxygen atoms in total. The van der Waals surface area contributed by atoms with Crippen molar-refractivity contribution in [3.8, 4) is 0 Å². The van der Waals surface area contributed by atoms with Gasteiger partial charge < -0.3 is 15.2 Å². The first-order chi connectivity index (χ1) is 8.17. The molecule has 0 unspecified atom stereocenters. The molecule has 94 valence electrons. The van der Waals surface area contributed by atoms with Gasteiger partial charge in [0.15, 0.2) is 0 Å². The van der Waals surface area contributed by atoms with Crippen molar-refractivity contribution >= 4 is 5.69 Å². The van der Waals surface area contributed by atoms with Gasteiger partial charge in [-0.05, 0) is 38.8 Å². The molecule has 3 heteroatoms. The van der Waals surface area contributed by atoms with Crippen LogP contribution in [0.25, 0.3) is 0 Å². The molecule has 1 fully saturated rings. The molecule has 1 aromatic rings. The molecule has 2 rings (SSSR count). The number of benzene rings is 1. The van der Waals surface area contributed by atoms with Gasteiger partial charge in [0.2, 0.25) is 0 Å². The molecule has 0 amide bonds. The van der Waals surface area contributed by atoms with Crippen molar-refractivity contribution in [3.05, 3.63) is 29.8 Å². The van der Waals surface area contributed by atoms with Gasteiger partial charge in [0, 0.05) is 12.3 Å². The van der Waals surface area contributed by atoms with Gasteiger partial charge in [-0.25, -0.2) is 0 Å². The number of hydrogen-bond acceptors (Lipinski definition) is 3. The topological polar surface area (TPSA) is 41.5 Å². The molecule has 1 aliphatic rings. The van der Waals surface area contributed by atoms with E-state index in [4.69, 9.17) is 4.74 Å². The van der Waals surface area contributed by atoms with E-state index in [9.17, 15) is 5.11 Å². The van der Waals surface area contributed by atoms with Gasteiger partial charge in [-0.15, -0.1) is 0 Å². The molecule has 1 saturated carbocycles. The van der Waals surface area contributed by atoms with E-state index in [1.54, 1.807) is 0 Å². The Bertz CT molecular complexity index is 355. The lowest BCUT2D eigenvalue weighted by molar-refractivity contribution is -0.0458. The highest BCUT2D eigenvalue weighted by molar-refractivity contribution is 5.47. The van der Waals surface area contributed by atoms with Crippen LogP contribution >= 0.6 is 0 Å². The molecule has 1 aliphatic carbocycles. The zero-order valence-electron chi connectivity index (χ0n) is 10.6. The molecule has 0 heterocycles. The Morgan fingerprint density at radius 3 is 2.53 bits per heavy atom. The average Bonchev–Trinajstić information content (AvgIpc) is 2.29. The Hall–Kier alpha value is -1.06. The fraction of sp³-hybridized carbons (Fsp3) is 0.571. The van der Waals surface area contributed by atoms with Crippen LogP contribution in [0, 0.1) is 6.92 Å². The van der Waals surface area contributed by atoms with Crippen LogP contribution in [-0.4, -0.2) is 30.0 Å². The summed E-state index contributed by atoms with van der Waals surface area (Å²) >= 11 is 0. The first kappa shape index (κ1) is 12.4. The van der Waals surface area contributed by atoms with Crippen LogP contribution in [0.5, 0.6) is 0 Å². The zero-order valence-corrected chi connectivity index (χ0v) is 10.6. The van der Waals surface area contributed by atoms with Crippen LogP contribution in [0.2, 0.25) is 0 Å².